The zero-order valence-electron chi connectivity index (χ0n) is 21.7. The summed E-state index contributed by atoms with van der Waals surface area (Å²) in [4.78, 5) is 21.0. The van der Waals surface area contributed by atoms with Crippen molar-refractivity contribution < 1.29 is 60.5 Å². The third-order valence-corrected chi connectivity index (χ3v) is 5.21. The van der Waals surface area contributed by atoms with Gasteiger partial charge in [0.2, 0.25) is 0 Å². The number of hydrogen-bond acceptors (Lipinski definition) is 8. The van der Waals surface area contributed by atoms with Crippen LogP contribution in [0.5, 0.6) is 23.0 Å². The van der Waals surface area contributed by atoms with Crippen molar-refractivity contribution in [1.29, 1.82) is 0 Å². The second-order valence-electron chi connectivity index (χ2n) is 8.22. The van der Waals surface area contributed by atoms with E-state index in [4.69, 9.17) is 18.9 Å². The van der Waals surface area contributed by atoms with Crippen molar-refractivity contribution in [2.24, 2.45) is 0 Å². The van der Waals surface area contributed by atoms with Crippen LogP contribution in [-0.2, 0) is 21.7 Å². The molecule has 0 bridgehead atoms. The van der Waals surface area contributed by atoms with Crippen LogP contribution >= 0.6 is 0 Å². The van der Waals surface area contributed by atoms with Crippen molar-refractivity contribution in [2.45, 2.75) is 13.8 Å². The van der Waals surface area contributed by atoms with Crippen LogP contribution in [0, 0.1) is 63.2 Å². The van der Waals surface area contributed by atoms with E-state index in [-0.39, 0.29) is 32.8 Å². The Morgan fingerprint density at radius 2 is 0.872 bits per heavy atom. The topological polar surface area (TPSA) is 117 Å². The number of rotatable bonds is 2. The van der Waals surface area contributed by atoms with Gasteiger partial charge in [-0.15, -0.1) is 0 Å². The number of carbonyl (C=O) groups excluding carboxylic acids is 2. The van der Waals surface area contributed by atoms with Gasteiger partial charge in [0.15, 0.2) is 23.0 Å². The molecule has 2 fully saturated rings. The van der Waals surface area contributed by atoms with Crippen LogP contribution in [0.4, 0.5) is 0 Å². The molecule has 0 saturated heterocycles. The van der Waals surface area contributed by atoms with Crippen molar-refractivity contribution in [2.75, 3.05) is 26.4 Å². The molecule has 6 rings (SSSR count). The van der Waals surface area contributed by atoms with Gasteiger partial charge in [-0.05, 0) is 99.6 Å². The van der Waals surface area contributed by atoms with Crippen LogP contribution in [0.3, 0.4) is 0 Å². The summed E-state index contributed by atoms with van der Waals surface area (Å²) in [5.74, 6) is 2.35. The SMILES string of the molecule is C[C]1[CH][CH][CH][CH]1.C[C]1[CH][CH][CH][CH]1.O=C([O-])c1ccc2c(c1)OCCO2.O=C([O-])c1ccc2c(c1)OCCO2.[Ti+4]. The molecule has 0 aromatic heterocycles. The fraction of sp³-hybridized carbons (Fsp3) is 0.200. The van der Waals surface area contributed by atoms with Crippen molar-refractivity contribution in [3.8, 4) is 23.0 Å². The third-order valence-electron chi connectivity index (χ3n) is 5.21. The van der Waals surface area contributed by atoms with Crippen molar-refractivity contribution in [3.63, 3.8) is 0 Å². The van der Waals surface area contributed by atoms with Crippen LogP contribution in [0.1, 0.15) is 34.6 Å². The Labute approximate surface area is 245 Å². The average Bonchev–Trinajstić information content (AvgIpc) is 3.62. The van der Waals surface area contributed by atoms with Gasteiger partial charge in [0.05, 0.1) is 11.9 Å². The van der Waals surface area contributed by atoms with Gasteiger partial charge in [0.25, 0.3) is 0 Å². The summed E-state index contributed by atoms with van der Waals surface area (Å²) >= 11 is 0. The van der Waals surface area contributed by atoms with Gasteiger partial charge in [-0.25, -0.2) is 0 Å². The first-order valence-corrected chi connectivity index (χ1v) is 11.9. The molecule has 0 atom stereocenters. The second-order valence-corrected chi connectivity index (χ2v) is 8.22. The Kier molecular flexibility index (Phi) is 14.2. The molecular weight excluding hydrogens is 536 g/mol. The Hall–Kier alpha value is -2.71. The monoisotopic (exact) mass is 564 g/mol. The largest absolute Gasteiger partial charge is 4.00 e. The fourth-order valence-electron chi connectivity index (χ4n) is 3.28. The summed E-state index contributed by atoms with van der Waals surface area (Å²) in [5, 5.41) is 21.0. The Bertz CT molecular complexity index is 962. The number of carboxylic acid groups (broad SMARTS) is 2. The predicted octanol–water partition coefficient (Wildman–Crippen LogP) is 2.46. The standard InChI is InChI=1S/2C9H8O4.2C6H7.Ti/c2*10-9(11)6-1-2-7-8(5-6)13-4-3-12-7;2*1-6-4-2-3-5-6;/h2*1-2,5H,3-4H2,(H,10,11);2*2-5H,1H3;/q;;;;+4/p-2. The molecule has 0 amide bonds. The molecule has 10 radical (unpaired) electrons. The van der Waals surface area contributed by atoms with Crippen LogP contribution < -0.4 is 29.2 Å². The number of hydrogen-bond donors (Lipinski definition) is 0. The molecule has 0 spiro atoms. The summed E-state index contributed by atoms with van der Waals surface area (Å²) < 4.78 is 20.8. The molecule has 2 aliphatic heterocycles. The average molecular weight is 564 g/mol. The third kappa shape index (κ3) is 11.1. The van der Waals surface area contributed by atoms with E-state index in [1.54, 1.807) is 12.1 Å². The van der Waals surface area contributed by atoms with Crippen LogP contribution in [0.15, 0.2) is 36.4 Å². The van der Waals surface area contributed by atoms with Gasteiger partial charge >= 0.3 is 21.7 Å². The molecule has 2 aromatic rings. The molecule has 8 nitrogen and oxygen atoms in total. The van der Waals surface area contributed by atoms with E-state index >= 15 is 0 Å². The molecule has 198 valence electrons. The Morgan fingerprint density at radius 3 is 1.13 bits per heavy atom. The van der Waals surface area contributed by atoms with E-state index in [0.29, 0.717) is 49.4 Å². The molecule has 39 heavy (non-hydrogen) atoms. The first-order valence-electron chi connectivity index (χ1n) is 11.9. The van der Waals surface area contributed by atoms with E-state index in [1.807, 2.05) is 25.7 Å². The smallest absolute Gasteiger partial charge is 0.545 e. The molecule has 4 aliphatic rings. The summed E-state index contributed by atoms with van der Waals surface area (Å²) in [6.07, 6.45) is 16.5. The zero-order valence-corrected chi connectivity index (χ0v) is 23.2. The van der Waals surface area contributed by atoms with Crippen molar-refractivity contribution >= 4 is 11.9 Å². The minimum Gasteiger partial charge on any atom is -0.545 e. The summed E-state index contributed by atoms with van der Waals surface area (Å²) in [7, 11) is 0. The van der Waals surface area contributed by atoms with Crippen LogP contribution in [-0.4, -0.2) is 38.4 Å². The van der Waals surface area contributed by atoms with Crippen LogP contribution in [0.2, 0.25) is 0 Å². The predicted molar refractivity (Wildman–Crippen MR) is 136 cm³/mol. The second kappa shape index (κ2) is 17.1. The molecular formula is C30H28O8Ti+2. The first-order chi connectivity index (χ1) is 18.3. The van der Waals surface area contributed by atoms with E-state index < -0.39 is 11.9 Å². The summed E-state index contributed by atoms with van der Waals surface area (Å²) in [5.41, 5.74) is 0.202. The normalized spacial score (nSPS) is 17.1. The molecule has 2 aliphatic carbocycles. The van der Waals surface area contributed by atoms with E-state index in [2.05, 4.69) is 39.5 Å². The van der Waals surface area contributed by atoms with Gasteiger partial charge < -0.3 is 38.7 Å². The number of ether oxygens (including phenoxy) is 4. The minimum atomic E-state index is -1.21. The summed E-state index contributed by atoms with van der Waals surface area (Å²) in [6, 6.07) is 8.82. The number of carbonyl (C=O) groups is 2. The zero-order chi connectivity index (χ0) is 27.3. The quantitative estimate of drug-likeness (QED) is 0.511. The van der Waals surface area contributed by atoms with Gasteiger partial charge in [0.1, 0.15) is 26.4 Å². The Morgan fingerprint density at radius 1 is 0.564 bits per heavy atom. The number of fused-ring (bicyclic) bond motifs is 2. The fourth-order valence-corrected chi connectivity index (χ4v) is 3.28. The Balaban J connectivity index is 0.000000192. The maximum absolute atomic E-state index is 10.5. The van der Waals surface area contributed by atoms with E-state index in [0.717, 1.165) is 0 Å². The molecule has 2 aromatic carbocycles. The maximum atomic E-state index is 10.5. The van der Waals surface area contributed by atoms with Crippen molar-refractivity contribution in [1.82, 2.24) is 0 Å². The molecule has 0 unspecified atom stereocenters. The number of carboxylic acids is 2. The summed E-state index contributed by atoms with van der Waals surface area (Å²) in [6.45, 7) is 6.06. The molecule has 0 N–H and O–H groups in total. The van der Waals surface area contributed by atoms with Crippen LogP contribution in [0.25, 0.3) is 0 Å². The molecule has 9 heteroatoms. The molecule has 2 heterocycles. The van der Waals surface area contributed by atoms with Gasteiger partial charge in [-0.1, -0.05) is 13.8 Å². The molecule has 2 saturated carbocycles. The van der Waals surface area contributed by atoms with E-state index in [1.165, 1.54) is 36.1 Å². The van der Waals surface area contributed by atoms with Gasteiger partial charge in [-0.2, -0.15) is 0 Å². The van der Waals surface area contributed by atoms with Gasteiger partial charge in [-0.3, -0.25) is 0 Å². The maximum Gasteiger partial charge on any atom is 4.00 e. The number of aromatic carboxylic acids is 2. The van der Waals surface area contributed by atoms with Crippen molar-refractivity contribution in [3.05, 3.63) is 111 Å². The minimum absolute atomic E-state index is 0. The van der Waals surface area contributed by atoms with E-state index in [9.17, 15) is 19.8 Å². The number of benzene rings is 2. The first kappa shape index (κ1) is 32.5. The van der Waals surface area contributed by atoms with Gasteiger partial charge in [0, 0.05) is 11.1 Å².